The van der Waals surface area contributed by atoms with E-state index in [1.807, 2.05) is 48.7 Å². The molecule has 0 aliphatic rings. The first-order chi connectivity index (χ1) is 16.3. The molecule has 0 radical (unpaired) electrons. The molecule has 3 heterocycles. The number of imidazole rings is 1. The fourth-order valence-corrected chi connectivity index (χ4v) is 3.81. The topological polar surface area (TPSA) is 71.3 Å². The van der Waals surface area contributed by atoms with E-state index in [4.69, 9.17) is 0 Å². The third-order valence-corrected chi connectivity index (χ3v) is 5.45. The number of nitrogens with zero attached hydrogens (tertiary/aromatic N) is 3. The monoisotopic (exact) mass is 467 g/mol. The van der Waals surface area contributed by atoms with Gasteiger partial charge >= 0.3 is 6.18 Å². The molecule has 34 heavy (non-hydrogen) atoms. The van der Waals surface area contributed by atoms with E-state index in [0.29, 0.717) is 23.4 Å². The summed E-state index contributed by atoms with van der Waals surface area (Å²) in [6.45, 7) is 4.00. The number of carbonyl (C=O) groups is 1. The van der Waals surface area contributed by atoms with Gasteiger partial charge < -0.3 is 10.6 Å². The molecule has 0 fully saturated rings. The van der Waals surface area contributed by atoms with Gasteiger partial charge in [0.2, 0.25) is 0 Å². The first-order valence-corrected chi connectivity index (χ1v) is 10.9. The van der Waals surface area contributed by atoms with E-state index in [2.05, 4.69) is 20.6 Å². The fraction of sp³-hybridized carbons (Fsp3) is 0.240. The Morgan fingerprint density at radius 1 is 1.06 bits per heavy atom. The van der Waals surface area contributed by atoms with Gasteiger partial charge in [0.15, 0.2) is 5.65 Å². The molecule has 9 heteroatoms. The van der Waals surface area contributed by atoms with Crippen LogP contribution in [-0.4, -0.2) is 39.5 Å². The van der Waals surface area contributed by atoms with E-state index in [1.54, 1.807) is 30.7 Å². The second-order valence-corrected chi connectivity index (χ2v) is 7.90. The maximum absolute atomic E-state index is 12.7. The van der Waals surface area contributed by atoms with Crippen molar-refractivity contribution >= 4 is 17.2 Å². The van der Waals surface area contributed by atoms with Crippen LogP contribution in [0, 0.1) is 6.92 Å². The lowest BCUT2D eigenvalue weighted by molar-refractivity contribution is -0.131. The molecule has 3 aromatic heterocycles. The number of hydrogen-bond acceptors (Lipinski definition) is 4. The summed E-state index contributed by atoms with van der Waals surface area (Å²) in [6.07, 6.45) is 1.70. The highest BCUT2D eigenvalue weighted by atomic mass is 19.4. The van der Waals surface area contributed by atoms with Gasteiger partial charge in [-0.25, -0.2) is 4.98 Å². The minimum absolute atomic E-state index is 0.138. The molecule has 6 nitrogen and oxygen atoms in total. The van der Waals surface area contributed by atoms with Gasteiger partial charge in [-0.1, -0.05) is 6.07 Å². The Hall–Kier alpha value is -3.88. The Labute approximate surface area is 194 Å². The molecule has 176 valence electrons. The minimum Gasteiger partial charge on any atom is -0.382 e. The highest BCUT2D eigenvalue weighted by Crippen LogP contribution is 2.31. The normalized spacial score (nSPS) is 11.6. The average Bonchev–Trinajstić information content (AvgIpc) is 3.23. The smallest absolute Gasteiger partial charge is 0.382 e. The molecule has 0 saturated carbocycles. The second-order valence-electron chi connectivity index (χ2n) is 7.90. The van der Waals surface area contributed by atoms with Crippen molar-refractivity contribution in [3.05, 3.63) is 72.3 Å². The van der Waals surface area contributed by atoms with Gasteiger partial charge in [0.1, 0.15) is 0 Å². The van der Waals surface area contributed by atoms with Crippen molar-refractivity contribution in [3.63, 3.8) is 0 Å². The van der Waals surface area contributed by atoms with Crippen LogP contribution < -0.4 is 10.6 Å². The zero-order chi connectivity index (χ0) is 24.3. The van der Waals surface area contributed by atoms with E-state index >= 15 is 0 Å². The maximum Gasteiger partial charge on any atom is 0.390 e. The lowest BCUT2D eigenvalue weighted by Gasteiger charge is -2.14. The number of fused-ring (bicyclic) bond motifs is 1. The number of nitrogens with one attached hydrogen (secondary N) is 2. The van der Waals surface area contributed by atoms with E-state index in [-0.39, 0.29) is 12.5 Å². The number of aromatic nitrogens is 3. The zero-order valence-electron chi connectivity index (χ0n) is 18.8. The molecular formula is C25H24F3N5O. The van der Waals surface area contributed by atoms with Crippen LogP contribution in [0.4, 0.5) is 18.9 Å². The van der Waals surface area contributed by atoms with E-state index in [0.717, 1.165) is 27.9 Å². The number of anilines is 1. The SMILES string of the molecule is CCNC(=O)c1ccc(-c2cnc3c(NCCC(F)(F)F)cc(-c4ccncc4)cn23)cc1C. The number of halogens is 3. The van der Waals surface area contributed by atoms with Crippen molar-refractivity contribution < 1.29 is 18.0 Å². The number of hydrogen-bond donors (Lipinski definition) is 2. The maximum atomic E-state index is 12.7. The van der Waals surface area contributed by atoms with Crippen molar-refractivity contribution in [2.75, 3.05) is 18.4 Å². The van der Waals surface area contributed by atoms with Crippen LogP contribution in [0.1, 0.15) is 29.3 Å². The first kappa shape index (κ1) is 23.3. The molecule has 0 spiro atoms. The van der Waals surface area contributed by atoms with Crippen molar-refractivity contribution in [3.8, 4) is 22.4 Å². The van der Waals surface area contributed by atoms with Gasteiger partial charge in [-0.15, -0.1) is 0 Å². The molecule has 0 bridgehead atoms. The molecule has 0 unspecified atom stereocenters. The van der Waals surface area contributed by atoms with Crippen molar-refractivity contribution in [2.24, 2.45) is 0 Å². The van der Waals surface area contributed by atoms with Crippen LogP contribution in [0.3, 0.4) is 0 Å². The number of aryl methyl sites for hydroxylation is 1. The molecule has 4 aromatic rings. The Morgan fingerprint density at radius 3 is 2.50 bits per heavy atom. The Kier molecular flexibility index (Phi) is 6.54. The van der Waals surface area contributed by atoms with Crippen molar-refractivity contribution in [1.82, 2.24) is 19.7 Å². The predicted octanol–water partition coefficient (Wildman–Crippen LogP) is 5.49. The summed E-state index contributed by atoms with van der Waals surface area (Å²) in [6, 6.07) is 11.0. The van der Waals surface area contributed by atoms with Crippen LogP contribution in [0.25, 0.3) is 28.0 Å². The summed E-state index contributed by atoms with van der Waals surface area (Å²) in [4.78, 5) is 20.8. The van der Waals surface area contributed by atoms with Gasteiger partial charge in [0.05, 0.1) is 24.0 Å². The minimum atomic E-state index is -4.25. The molecule has 2 N–H and O–H groups in total. The highest BCUT2D eigenvalue weighted by Gasteiger charge is 2.26. The number of rotatable bonds is 7. The number of carbonyl (C=O) groups excluding carboxylic acids is 1. The molecule has 0 atom stereocenters. The van der Waals surface area contributed by atoms with E-state index in [9.17, 15) is 18.0 Å². The number of pyridine rings is 2. The molecule has 4 rings (SSSR count). The lowest BCUT2D eigenvalue weighted by Crippen LogP contribution is -2.23. The number of alkyl halides is 3. The number of amides is 1. The lowest BCUT2D eigenvalue weighted by atomic mass is 10.0. The third kappa shape index (κ3) is 5.03. The third-order valence-electron chi connectivity index (χ3n) is 5.45. The molecule has 0 saturated heterocycles. The van der Waals surface area contributed by atoms with Crippen LogP contribution in [0.2, 0.25) is 0 Å². The summed E-state index contributed by atoms with van der Waals surface area (Å²) in [5, 5.41) is 5.70. The van der Waals surface area contributed by atoms with Gasteiger partial charge in [-0.3, -0.25) is 14.2 Å². The van der Waals surface area contributed by atoms with Crippen molar-refractivity contribution in [2.45, 2.75) is 26.4 Å². The summed E-state index contributed by atoms with van der Waals surface area (Å²) in [5.74, 6) is -0.138. The fourth-order valence-electron chi connectivity index (χ4n) is 3.81. The van der Waals surface area contributed by atoms with Gasteiger partial charge in [0, 0.05) is 48.4 Å². The summed E-state index contributed by atoms with van der Waals surface area (Å²) < 4.78 is 40.0. The molecule has 1 aromatic carbocycles. The van der Waals surface area contributed by atoms with E-state index < -0.39 is 12.6 Å². The number of benzene rings is 1. The highest BCUT2D eigenvalue weighted by molar-refractivity contribution is 5.96. The van der Waals surface area contributed by atoms with Crippen LogP contribution in [0.15, 0.2) is 61.2 Å². The first-order valence-electron chi connectivity index (χ1n) is 10.9. The Bertz CT molecular complexity index is 1320. The quantitative estimate of drug-likeness (QED) is 0.377. The van der Waals surface area contributed by atoms with Gasteiger partial charge in [-0.05, 0) is 55.3 Å². The van der Waals surface area contributed by atoms with Crippen LogP contribution in [0.5, 0.6) is 0 Å². The molecule has 0 aliphatic carbocycles. The second kappa shape index (κ2) is 9.54. The van der Waals surface area contributed by atoms with Gasteiger partial charge in [0.25, 0.3) is 5.91 Å². The Balaban J connectivity index is 1.79. The molecule has 1 amide bonds. The summed E-state index contributed by atoms with van der Waals surface area (Å²) in [7, 11) is 0. The predicted molar refractivity (Wildman–Crippen MR) is 126 cm³/mol. The van der Waals surface area contributed by atoms with E-state index in [1.165, 1.54) is 0 Å². The molecule has 0 aliphatic heterocycles. The van der Waals surface area contributed by atoms with Gasteiger partial charge in [-0.2, -0.15) is 13.2 Å². The molecular weight excluding hydrogens is 443 g/mol. The van der Waals surface area contributed by atoms with Crippen LogP contribution >= 0.6 is 0 Å². The zero-order valence-corrected chi connectivity index (χ0v) is 18.8. The van der Waals surface area contributed by atoms with Crippen molar-refractivity contribution in [1.29, 1.82) is 0 Å². The average molecular weight is 467 g/mol. The summed E-state index contributed by atoms with van der Waals surface area (Å²) in [5.41, 5.74) is 5.69. The summed E-state index contributed by atoms with van der Waals surface area (Å²) >= 11 is 0. The Morgan fingerprint density at radius 2 is 1.82 bits per heavy atom. The largest absolute Gasteiger partial charge is 0.390 e. The van der Waals surface area contributed by atoms with Crippen LogP contribution in [-0.2, 0) is 0 Å². The standard InChI is InChI=1S/C25H24F3N5O/c1-3-30-24(34)20-5-4-18(12-16(20)2)22-14-32-23-21(31-11-8-25(26,27)28)13-19(15-33(22)23)17-6-9-29-10-7-17/h4-7,9-10,12-15,31H,3,8,11H2,1-2H3,(H,30,34).